The minimum absolute atomic E-state index is 0.238. The Morgan fingerprint density at radius 3 is 2.76 bits per heavy atom. The fourth-order valence-corrected chi connectivity index (χ4v) is 7.72. The van der Waals surface area contributed by atoms with Crippen LogP contribution < -0.4 is 0 Å². The van der Waals surface area contributed by atoms with E-state index in [1.54, 1.807) is 0 Å². The lowest BCUT2D eigenvalue weighted by Gasteiger charge is -2.55. The normalized spacial score (nSPS) is 48.9. The number of esters is 1. The van der Waals surface area contributed by atoms with Crippen LogP contribution in [0.2, 0.25) is 0 Å². The highest BCUT2D eigenvalue weighted by Crippen LogP contribution is 2.80. The molecule has 4 nitrogen and oxygen atoms in total. The van der Waals surface area contributed by atoms with Crippen molar-refractivity contribution in [2.75, 3.05) is 6.61 Å². The summed E-state index contributed by atoms with van der Waals surface area (Å²) in [6.07, 6.45) is 14.0. The first-order valence-electron chi connectivity index (χ1n) is 11.7. The maximum absolute atomic E-state index is 11.4. The Morgan fingerprint density at radius 1 is 1.24 bits per heavy atom. The SMILES string of the molecule is C[C@@H]1CC[C@]23C[C@@]2(C)CCC[C@H]3[C@]1(C)CCC1=CCC(C2=CC(=O)OC2O)OC1. The zero-order valence-corrected chi connectivity index (χ0v) is 18.2. The number of rotatable bonds is 4. The minimum atomic E-state index is -1.14. The summed E-state index contributed by atoms with van der Waals surface area (Å²) in [7, 11) is 0. The highest BCUT2D eigenvalue weighted by molar-refractivity contribution is 5.85. The zero-order chi connectivity index (χ0) is 20.4. The van der Waals surface area contributed by atoms with Crippen molar-refractivity contribution in [3.8, 4) is 0 Å². The second-order valence-corrected chi connectivity index (χ2v) is 11.1. The van der Waals surface area contributed by atoms with Crippen molar-refractivity contribution in [3.05, 3.63) is 23.3 Å². The number of ether oxygens (including phenoxy) is 2. The third-order valence-corrected chi connectivity index (χ3v) is 9.86. The summed E-state index contributed by atoms with van der Waals surface area (Å²) in [4.78, 5) is 11.4. The van der Waals surface area contributed by atoms with E-state index in [0.29, 0.717) is 34.8 Å². The van der Waals surface area contributed by atoms with Gasteiger partial charge in [0.15, 0.2) is 0 Å². The van der Waals surface area contributed by atoms with E-state index in [9.17, 15) is 9.90 Å². The van der Waals surface area contributed by atoms with Crippen LogP contribution in [-0.2, 0) is 14.3 Å². The van der Waals surface area contributed by atoms with Crippen molar-refractivity contribution < 1.29 is 19.4 Å². The molecule has 0 aromatic carbocycles. The number of aliphatic hydroxyl groups excluding tert-OH is 1. The molecule has 0 amide bonds. The molecule has 7 atom stereocenters. The summed E-state index contributed by atoms with van der Waals surface area (Å²) >= 11 is 0. The zero-order valence-electron chi connectivity index (χ0n) is 18.2. The molecule has 3 saturated carbocycles. The van der Waals surface area contributed by atoms with Crippen LogP contribution in [0.4, 0.5) is 0 Å². The van der Waals surface area contributed by atoms with Crippen molar-refractivity contribution >= 4 is 5.97 Å². The molecule has 0 aromatic rings. The van der Waals surface area contributed by atoms with Crippen molar-refractivity contribution in [1.29, 1.82) is 0 Å². The molecule has 0 saturated heterocycles. The molecule has 160 valence electrons. The van der Waals surface area contributed by atoms with Gasteiger partial charge in [-0.25, -0.2) is 4.79 Å². The molecule has 0 radical (unpaired) electrons. The number of hydrogen-bond donors (Lipinski definition) is 1. The third-order valence-electron chi connectivity index (χ3n) is 9.86. The van der Waals surface area contributed by atoms with Crippen LogP contribution in [0.15, 0.2) is 23.3 Å². The lowest BCUT2D eigenvalue weighted by molar-refractivity contribution is -0.152. The molecule has 3 fully saturated rings. The molecule has 3 aliphatic carbocycles. The average Bonchev–Trinajstić information content (AvgIpc) is 3.19. The van der Waals surface area contributed by atoms with Gasteiger partial charge in [-0.05, 0) is 85.0 Å². The second-order valence-electron chi connectivity index (χ2n) is 11.1. The van der Waals surface area contributed by atoms with E-state index < -0.39 is 12.3 Å². The quantitative estimate of drug-likeness (QED) is 0.538. The number of carbonyl (C=O) groups excluding carboxylic acids is 1. The van der Waals surface area contributed by atoms with E-state index in [-0.39, 0.29) is 6.10 Å². The monoisotopic (exact) mass is 400 g/mol. The molecule has 4 heteroatoms. The van der Waals surface area contributed by atoms with Crippen LogP contribution in [0.25, 0.3) is 0 Å². The standard InChI is InChI=1S/C25H36O4/c1-16-8-12-25-15-23(25,2)10-4-5-20(25)24(16,3)11-9-17-6-7-19(28-14-17)18-13-21(26)29-22(18)27/h6,13,16,19-20,22,27H,4-5,7-12,14-15H2,1-3H3/t16-,19?,20+,22?,23-,24-,25-/m1/s1. The largest absolute Gasteiger partial charge is 0.429 e. The van der Waals surface area contributed by atoms with Gasteiger partial charge in [-0.2, -0.15) is 0 Å². The van der Waals surface area contributed by atoms with Crippen LogP contribution in [-0.4, -0.2) is 30.1 Å². The Morgan fingerprint density at radius 2 is 2.07 bits per heavy atom. The molecule has 5 rings (SSSR count). The molecular formula is C25H36O4. The van der Waals surface area contributed by atoms with E-state index in [0.717, 1.165) is 18.3 Å². The van der Waals surface area contributed by atoms with Crippen molar-refractivity contribution in [2.24, 2.45) is 28.1 Å². The molecule has 0 aromatic heterocycles. The Labute approximate surface area is 174 Å². The molecule has 5 aliphatic rings. The molecule has 29 heavy (non-hydrogen) atoms. The molecule has 2 aliphatic heterocycles. The topological polar surface area (TPSA) is 55.8 Å². The van der Waals surface area contributed by atoms with Crippen LogP contribution in [0.5, 0.6) is 0 Å². The number of hydrogen-bond acceptors (Lipinski definition) is 4. The molecular weight excluding hydrogens is 364 g/mol. The van der Waals surface area contributed by atoms with E-state index >= 15 is 0 Å². The summed E-state index contributed by atoms with van der Waals surface area (Å²) in [5.74, 6) is 1.21. The summed E-state index contributed by atoms with van der Waals surface area (Å²) < 4.78 is 10.8. The maximum atomic E-state index is 11.4. The second kappa shape index (κ2) is 6.68. The van der Waals surface area contributed by atoms with E-state index in [1.165, 1.54) is 56.6 Å². The Hall–Kier alpha value is -1.13. The summed E-state index contributed by atoms with van der Waals surface area (Å²) in [6.45, 7) is 8.24. The summed E-state index contributed by atoms with van der Waals surface area (Å²) in [5.41, 5.74) is 3.65. The molecule has 1 spiro atoms. The van der Waals surface area contributed by atoms with Gasteiger partial charge < -0.3 is 14.6 Å². The number of carbonyl (C=O) groups is 1. The van der Waals surface area contributed by atoms with Crippen LogP contribution in [0.1, 0.15) is 78.6 Å². The Balaban J connectivity index is 1.25. The smallest absolute Gasteiger partial charge is 0.333 e. The Kier molecular flexibility index (Phi) is 4.57. The predicted octanol–water partition coefficient (Wildman–Crippen LogP) is 4.92. The van der Waals surface area contributed by atoms with Crippen LogP contribution in [0.3, 0.4) is 0 Å². The molecule has 2 heterocycles. The fraction of sp³-hybridized carbons (Fsp3) is 0.800. The first-order chi connectivity index (χ1) is 13.8. The average molecular weight is 401 g/mol. The van der Waals surface area contributed by atoms with Gasteiger partial charge in [-0.15, -0.1) is 0 Å². The highest BCUT2D eigenvalue weighted by atomic mass is 16.6. The van der Waals surface area contributed by atoms with Gasteiger partial charge in [0.05, 0.1) is 12.7 Å². The third kappa shape index (κ3) is 2.96. The molecule has 0 bridgehead atoms. The van der Waals surface area contributed by atoms with Gasteiger partial charge in [0.2, 0.25) is 6.29 Å². The lowest BCUT2D eigenvalue weighted by Crippen LogP contribution is -2.47. The van der Waals surface area contributed by atoms with Gasteiger partial charge in [-0.3, -0.25) is 0 Å². The fourth-order valence-electron chi connectivity index (χ4n) is 7.72. The molecule has 2 unspecified atom stereocenters. The van der Waals surface area contributed by atoms with E-state index in [2.05, 4.69) is 26.8 Å². The van der Waals surface area contributed by atoms with E-state index in [4.69, 9.17) is 9.47 Å². The van der Waals surface area contributed by atoms with E-state index in [1.807, 2.05) is 0 Å². The van der Waals surface area contributed by atoms with Gasteiger partial charge in [0.1, 0.15) is 0 Å². The van der Waals surface area contributed by atoms with Gasteiger partial charge in [-0.1, -0.05) is 33.3 Å². The van der Waals surface area contributed by atoms with Crippen molar-refractivity contribution in [1.82, 2.24) is 0 Å². The van der Waals surface area contributed by atoms with Gasteiger partial charge in [0, 0.05) is 11.6 Å². The first kappa shape index (κ1) is 19.8. The van der Waals surface area contributed by atoms with Crippen LogP contribution in [0, 0.1) is 28.1 Å². The summed E-state index contributed by atoms with van der Waals surface area (Å²) in [6, 6.07) is 0. The maximum Gasteiger partial charge on any atom is 0.333 e. The van der Waals surface area contributed by atoms with Crippen LogP contribution >= 0.6 is 0 Å². The summed E-state index contributed by atoms with van der Waals surface area (Å²) in [5, 5.41) is 9.86. The predicted molar refractivity (Wildman–Crippen MR) is 111 cm³/mol. The highest BCUT2D eigenvalue weighted by Gasteiger charge is 2.72. The van der Waals surface area contributed by atoms with Crippen molar-refractivity contribution in [3.63, 3.8) is 0 Å². The van der Waals surface area contributed by atoms with Crippen molar-refractivity contribution in [2.45, 2.75) is 91.0 Å². The number of cyclic esters (lactones) is 1. The van der Waals surface area contributed by atoms with Gasteiger partial charge in [0.25, 0.3) is 0 Å². The number of aliphatic hydroxyl groups is 1. The Bertz CT molecular complexity index is 769. The minimum Gasteiger partial charge on any atom is -0.429 e. The molecule has 1 N–H and O–H groups in total. The van der Waals surface area contributed by atoms with Gasteiger partial charge >= 0.3 is 5.97 Å². The first-order valence-corrected chi connectivity index (χ1v) is 11.7. The lowest BCUT2D eigenvalue weighted by atomic mass is 9.50.